The molecule has 124 valence electrons. The van der Waals surface area contributed by atoms with Crippen LogP contribution in [0.1, 0.15) is 29.2 Å². The molecule has 1 aliphatic rings. The molecule has 2 aromatic carbocycles. The summed E-state index contributed by atoms with van der Waals surface area (Å²) in [7, 11) is 1.63. The molecular formula is C19H19FN2O2. The van der Waals surface area contributed by atoms with Crippen LogP contribution in [0.2, 0.25) is 0 Å². The highest BCUT2D eigenvalue weighted by Gasteiger charge is 2.32. The lowest BCUT2D eigenvalue weighted by molar-refractivity contribution is 0.172. The normalized spacial score (nSPS) is 20.8. The van der Waals surface area contributed by atoms with Crippen molar-refractivity contribution >= 4 is 0 Å². The topological polar surface area (TPSA) is 56.5 Å². The first-order valence-corrected chi connectivity index (χ1v) is 7.85. The van der Waals surface area contributed by atoms with Crippen LogP contribution in [-0.4, -0.2) is 29.8 Å². The number of nitriles is 1. The molecule has 0 aromatic heterocycles. The van der Waals surface area contributed by atoms with E-state index in [0.717, 1.165) is 16.9 Å². The van der Waals surface area contributed by atoms with E-state index in [9.17, 15) is 9.50 Å². The minimum atomic E-state index is -0.507. The molecule has 4 nitrogen and oxygen atoms in total. The average Bonchev–Trinajstić information content (AvgIpc) is 2.97. The Bertz CT molecular complexity index is 772. The molecule has 1 heterocycles. The fourth-order valence-electron chi connectivity index (χ4n) is 3.24. The number of aliphatic hydroxyl groups excluding tert-OH is 1. The predicted molar refractivity (Wildman–Crippen MR) is 87.9 cm³/mol. The molecule has 0 saturated carbocycles. The summed E-state index contributed by atoms with van der Waals surface area (Å²) in [4.78, 5) is 2.15. The van der Waals surface area contributed by atoms with Gasteiger partial charge in [-0.05, 0) is 41.8 Å². The molecule has 3 rings (SSSR count). The molecule has 0 radical (unpaired) electrons. The Labute approximate surface area is 140 Å². The summed E-state index contributed by atoms with van der Waals surface area (Å²) in [5.41, 5.74) is 1.98. The van der Waals surface area contributed by atoms with Gasteiger partial charge in [-0.25, -0.2) is 4.39 Å². The standard InChI is InChI=1S/C19H19FN2O2/c1-24-17-4-2-3-14(8-17)19-9-16(23)12-22(19)11-13-5-6-18(20)15(7-13)10-21/h2-8,16,19,23H,9,11-12H2,1H3/t16-,19-/m0/s1. The van der Waals surface area contributed by atoms with E-state index in [1.807, 2.05) is 30.3 Å². The first-order valence-electron chi connectivity index (χ1n) is 7.85. The largest absolute Gasteiger partial charge is 0.497 e. The van der Waals surface area contributed by atoms with Crippen LogP contribution in [0.5, 0.6) is 5.75 Å². The summed E-state index contributed by atoms with van der Waals surface area (Å²) in [5, 5.41) is 19.1. The van der Waals surface area contributed by atoms with Crippen molar-refractivity contribution in [2.24, 2.45) is 0 Å². The minimum Gasteiger partial charge on any atom is -0.497 e. The van der Waals surface area contributed by atoms with Crippen molar-refractivity contribution in [3.63, 3.8) is 0 Å². The molecule has 5 heteroatoms. The highest BCUT2D eigenvalue weighted by molar-refractivity contribution is 5.35. The van der Waals surface area contributed by atoms with Gasteiger partial charge in [0, 0.05) is 19.1 Å². The molecule has 0 spiro atoms. The Morgan fingerprint density at radius 3 is 2.92 bits per heavy atom. The summed E-state index contributed by atoms with van der Waals surface area (Å²) in [6, 6.07) is 14.3. The van der Waals surface area contributed by atoms with Gasteiger partial charge in [-0.1, -0.05) is 18.2 Å². The molecule has 0 unspecified atom stereocenters. The smallest absolute Gasteiger partial charge is 0.140 e. The number of nitrogens with zero attached hydrogens (tertiary/aromatic N) is 2. The number of methoxy groups -OCH3 is 1. The molecule has 1 N–H and O–H groups in total. The number of hydrogen-bond acceptors (Lipinski definition) is 4. The Morgan fingerprint density at radius 2 is 2.17 bits per heavy atom. The molecule has 1 fully saturated rings. The third-order valence-electron chi connectivity index (χ3n) is 4.40. The van der Waals surface area contributed by atoms with Gasteiger partial charge in [-0.2, -0.15) is 5.26 Å². The third kappa shape index (κ3) is 3.40. The van der Waals surface area contributed by atoms with Gasteiger partial charge >= 0.3 is 0 Å². The van der Waals surface area contributed by atoms with Gasteiger partial charge in [0.15, 0.2) is 0 Å². The van der Waals surface area contributed by atoms with Crippen molar-refractivity contribution in [3.05, 3.63) is 65.0 Å². The fraction of sp³-hybridized carbons (Fsp3) is 0.316. The lowest BCUT2D eigenvalue weighted by Gasteiger charge is -2.25. The van der Waals surface area contributed by atoms with Gasteiger partial charge < -0.3 is 9.84 Å². The van der Waals surface area contributed by atoms with E-state index < -0.39 is 11.9 Å². The van der Waals surface area contributed by atoms with Crippen molar-refractivity contribution in [3.8, 4) is 11.8 Å². The van der Waals surface area contributed by atoms with E-state index in [1.54, 1.807) is 19.2 Å². The maximum atomic E-state index is 13.5. The summed E-state index contributed by atoms with van der Waals surface area (Å²) in [6.45, 7) is 1.09. The summed E-state index contributed by atoms with van der Waals surface area (Å²) < 4.78 is 18.8. The van der Waals surface area contributed by atoms with Crippen LogP contribution in [0.3, 0.4) is 0 Å². The van der Waals surface area contributed by atoms with Gasteiger partial charge in [-0.3, -0.25) is 4.90 Å². The Morgan fingerprint density at radius 1 is 1.33 bits per heavy atom. The summed E-state index contributed by atoms with van der Waals surface area (Å²) >= 11 is 0. The highest BCUT2D eigenvalue weighted by Crippen LogP contribution is 2.34. The van der Waals surface area contributed by atoms with E-state index in [1.165, 1.54) is 6.07 Å². The molecule has 2 aromatic rings. The number of ether oxygens (including phenoxy) is 1. The number of rotatable bonds is 4. The zero-order chi connectivity index (χ0) is 17.1. The molecule has 0 amide bonds. The Hall–Kier alpha value is -2.42. The maximum Gasteiger partial charge on any atom is 0.140 e. The Balaban J connectivity index is 1.84. The maximum absolute atomic E-state index is 13.5. The second kappa shape index (κ2) is 7.00. The van der Waals surface area contributed by atoms with Crippen molar-refractivity contribution in [1.82, 2.24) is 4.90 Å². The number of likely N-dealkylation sites (tertiary alicyclic amines) is 1. The molecule has 1 aliphatic heterocycles. The van der Waals surface area contributed by atoms with Gasteiger partial charge in [0.05, 0.1) is 18.8 Å². The lowest BCUT2D eigenvalue weighted by Crippen LogP contribution is -2.24. The summed E-state index contributed by atoms with van der Waals surface area (Å²) in [5.74, 6) is 0.273. The van der Waals surface area contributed by atoms with Crippen LogP contribution >= 0.6 is 0 Å². The van der Waals surface area contributed by atoms with Crippen LogP contribution in [0.15, 0.2) is 42.5 Å². The van der Waals surface area contributed by atoms with E-state index in [0.29, 0.717) is 19.5 Å². The van der Waals surface area contributed by atoms with E-state index in [-0.39, 0.29) is 11.6 Å². The SMILES string of the molecule is COc1cccc([C@@H]2C[C@H](O)CN2Cc2ccc(F)c(C#N)c2)c1. The molecule has 0 bridgehead atoms. The zero-order valence-corrected chi connectivity index (χ0v) is 13.4. The molecule has 2 atom stereocenters. The third-order valence-corrected chi connectivity index (χ3v) is 4.40. The van der Waals surface area contributed by atoms with Gasteiger partial charge in [0.1, 0.15) is 17.6 Å². The molecule has 0 aliphatic carbocycles. The van der Waals surface area contributed by atoms with Crippen LogP contribution in [0.4, 0.5) is 4.39 Å². The van der Waals surface area contributed by atoms with Crippen LogP contribution in [-0.2, 0) is 6.54 Å². The van der Waals surface area contributed by atoms with Crippen LogP contribution in [0.25, 0.3) is 0 Å². The number of aliphatic hydroxyl groups is 1. The van der Waals surface area contributed by atoms with Crippen molar-refractivity contribution in [1.29, 1.82) is 5.26 Å². The second-order valence-corrected chi connectivity index (χ2v) is 6.04. The predicted octanol–water partition coefficient (Wildman–Crippen LogP) is 3.01. The minimum absolute atomic E-state index is 0.0465. The zero-order valence-electron chi connectivity index (χ0n) is 13.4. The summed E-state index contributed by atoms with van der Waals surface area (Å²) in [6.07, 6.45) is 0.233. The average molecular weight is 326 g/mol. The van der Waals surface area contributed by atoms with Crippen molar-refractivity contribution < 1.29 is 14.2 Å². The van der Waals surface area contributed by atoms with Crippen molar-refractivity contribution in [2.75, 3.05) is 13.7 Å². The second-order valence-electron chi connectivity index (χ2n) is 6.04. The van der Waals surface area contributed by atoms with E-state index in [2.05, 4.69) is 4.90 Å². The quantitative estimate of drug-likeness (QED) is 0.938. The van der Waals surface area contributed by atoms with Gasteiger partial charge in [0.25, 0.3) is 0 Å². The monoisotopic (exact) mass is 326 g/mol. The number of hydrogen-bond donors (Lipinski definition) is 1. The van der Waals surface area contributed by atoms with Crippen LogP contribution < -0.4 is 4.74 Å². The molecule has 24 heavy (non-hydrogen) atoms. The molecule has 1 saturated heterocycles. The van der Waals surface area contributed by atoms with E-state index >= 15 is 0 Å². The lowest BCUT2D eigenvalue weighted by atomic mass is 10.0. The number of β-amino-alcohol motifs (C(OH)–C–C–N with tert-alkyl or cyclic N) is 1. The number of benzene rings is 2. The van der Waals surface area contributed by atoms with Crippen molar-refractivity contribution in [2.45, 2.75) is 25.1 Å². The first kappa shape index (κ1) is 16.4. The van der Waals surface area contributed by atoms with Gasteiger partial charge in [0.2, 0.25) is 0 Å². The van der Waals surface area contributed by atoms with E-state index in [4.69, 9.17) is 10.00 Å². The van der Waals surface area contributed by atoms with Crippen LogP contribution in [0, 0.1) is 17.1 Å². The Kier molecular flexibility index (Phi) is 4.79. The fourth-order valence-corrected chi connectivity index (χ4v) is 3.24. The first-order chi connectivity index (χ1) is 11.6. The number of halogens is 1. The molecular weight excluding hydrogens is 307 g/mol. The van der Waals surface area contributed by atoms with Gasteiger partial charge in [-0.15, -0.1) is 0 Å². The highest BCUT2D eigenvalue weighted by atomic mass is 19.1.